The minimum Gasteiger partial charge on any atom is -0.481 e. The monoisotopic (exact) mass is 452 g/mol. The Morgan fingerprint density at radius 1 is 1.27 bits per heavy atom. The fraction of sp³-hybridized carbons (Fsp3) is 0.292. The molecule has 3 aromatic rings. The van der Waals surface area contributed by atoms with E-state index < -0.39 is 22.9 Å². The zero-order chi connectivity index (χ0) is 23.6. The highest BCUT2D eigenvalue weighted by molar-refractivity contribution is 5.94. The Labute approximate surface area is 190 Å². The topological polar surface area (TPSA) is 108 Å². The highest BCUT2D eigenvalue weighted by atomic mass is 19.1. The van der Waals surface area contributed by atoms with Crippen LogP contribution in [0.3, 0.4) is 0 Å². The third-order valence-electron chi connectivity index (χ3n) is 5.43. The molecule has 0 saturated carbocycles. The Morgan fingerprint density at radius 3 is 2.76 bits per heavy atom. The molecule has 0 bridgehead atoms. The molecule has 1 aliphatic heterocycles. The van der Waals surface area contributed by atoms with Gasteiger partial charge >= 0.3 is 0 Å². The van der Waals surface area contributed by atoms with Gasteiger partial charge in [0.1, 0.15) is 23.8 Å². The highest BCUT2D eigenvalue weighted by Crippen LogP contribution is 2.28. The summed E-state index contributed by atoms with van der Waals surface area (Å²) in [6, 6.07) is 13.2. The molecule has 9 heteroatoms. The van der Waals surface area contributed by atoms with Crippen molar-refractivity contribution in [3.63, 3.8) is 0 Å². The Hall–Kier alpha value is -3.72. The minimum atomic E-state index is -0.855. The van der Waals surface area contributed by atoms with Gasteiger partial charge in [-0.1, -0.05) is 36.4 Å². The second kappa shape index (κ2) is 9.03. The summed E-state index contributed by atoms with van der Waals surface area (Å²) in [5, 5.41) is 2.70. The molecule has 0 unspecified atom stereocenters. The van der Waals surface area contributed by atoms with E-state index in [1.165, 1.54) is 22.8 Å². The third-order valence-corrected chi connectivity index (χ3v) is 5.43. The fourth-order valence-corrected chi connectivity index (χ4v) is 3.66. The summed E-state index contributed by atoms with van der Waals surface area (Å²) >= 11 is 0. The fourth-order valence-electron chi connectivity index (χ4n) is 3.66. The molecule has 3 N–H and O–H groups in total. The molecule has 2 heterocycles. The first-order chi connectivity index (χ1) is 15.8. The van der Waals surface area contributed by atoms with Gasteiger partial charge in [-0.25, -0.2) is 9.37 Å². The molecule has 8 nitrogen and oxygen atoms in total. The van der Waals surface area contributed by atoms with Crippen LogP contribution in [0.1, 0.15) is 41.3 Å². The van der Waals surface area contributed by atoms with Crippen LogP contribution in [0, 0.1) is 5.82 Å². The molecule has 33 heavy (non-hydrogen) atoms. The number of nitrogens with zero attached hydrogens (tertiary/aromatic N) is 2. The van der Waals surface area contributed by atoms with Crippen molar-refractivity contribution >= 4 is 11.6 Å². The Bertz CT molecular complexity index is 1240. The first-order valence-electron chi connectivity index (χ1n) is 10.5. The van der Waals surface area contributed by atoms with Crippen LogP contribution in [0.15, 0.2) is 53.3 Å². The Morgan fingerprint density at radius 2 is 2.03 bits per heavy atom. The van der Waals surface area contributed by atoms with Crippen LogP contribution >= 0.6 is 0 Å². The number of carbonyl (C=O) groups is 1. The maximum absolute atomic E-state index is 13.3. The predicted octanol–water partition coefficient (Wildman–Crippen LogP) is 2.74. The maximum atomic E-state index is 13.3. The predicted molar refractivity (Wildman–Crippen MR) is 120 cm³/mol. The van der Waals surface area contributed by atoms with Crippen molar-refractivity contribution in [3.8, 4) is 5.75 Å². The van der Waals surface area contributed by atoms with Crippen LogP contribution in [-0.4, -0.2) is 22.1 Å². The highest BCUT2D eigenvalue weighted by Gasteiger charge is 2.34. The van der Waals surface area contributed by atoms with Crippen LogP contribution < -0.4 is 21.3 Å². The van der Waals surface area contributed by atoms with Crippen molar-refractivity contribution in [2.75, 3.05) is 12.3 Å². The summed E-state index contributed by atoms with van der Waals surface area (Å²) in [7, 11) is 0. The molecule has 1 aromatic heterocycles. The SMILES string of the molecule is CC1(C)OCCn2c1nc(C(=O)NCc1ccc(F)cc1N)c(OCc1ccccc1)c2=O. The summed E-state index contributed by atoms with van der Waals surface area (Å²) < 4.78 is 26.4. The van der Waals surface area contributed by atoms with Gasteiger partial charge < -0.3 is 20.5 Å². The van der Waals surface area contributed by atoms with Crippen LogP contribution in [0.5, 0.6) is 5.75 Å². The summed E-state index contributed by atoms with van der Waals surface area (Å²) in [6.07, 6.45) is 0. The minimum absolute atomic E-state index is 0.0308. The molecular formula is C24H25FN4O4. The van der Waals surface area contributed by atoms with Crippen LogP contribution in [0.4, 0.5) is 10.1 Å². The van der Waals surface area contributed by atoms with E-state index in [9.17, 15) is 14.0 Å². The Kier molecular flexibility index (Phi) is 6.15. The van der Waals surface area contributed by atoms with E-state index in [-0.39, 0.29) is 30.3 Å². The normalized spacial score (nSPS) is 14.4. The first-order valence-corrected chi connectivity index (χ1v) is 10.5. The third kappa shape index (κ3) is 4.73. The second-order valence-corrected chi connectivity index (χ2v) is 8.23. The number of carbonyl (C=O) groups excluding carboxylic acids is 1. The van der Waals surface area contributed by atoms with Crippen molar-refractivity contribution in [1.29, 1.82) is 0 Å². The maximum Gasteiger partial charge on any atom is 0.296 e. The van der Waals surface area contributed by atoms with E-state index in [0.29, 0.717) is 24.5 Å². The van der Waals surface area contributed by atoms with Gasteiger partial charge in [0.05, 0.1) is 13.2 Å². The van der Waals surface area contributed by atoms with Gasteiger partial charge in [-0.05, 0) is 37.1 Å². The van der Waals surface area contributed by atoms with E-state index in [1.807, 2.05) is 30.3 Å². The van der Waals surface area contributed by atoms with Gasteiger partial charge in [0.25, 0.3) is 11.5 Å². The molecule has 0 fully saturated rings. The second-order valence-electron chi connectivity index (χ2n) is 8.23. The van der Waals surface area contributed by atoms with Gasteiger partial charge in [0.2, 0.25) is 5.75 Å². The van der Waals surface area contributed by atoms with Crippen molar-refractivity contribution < 1.29 is 18.7 Å². The van der Waals surface area contributed by atoms with Crippen molar-refractivity contribution in [3.05, 3.63) is 87.3 Å². The van der Waals surface area contributed by atoms with Crippen molar-refractivity contribution in [2.24, 2.45) is 0 Å². The summed E-state index contributed by atoms with van der Waals surface area (Å²) in [6.45, 7) is 4.35. The van der Waals surface area contributed by atoms with Crippen LogP contribution in [0.25, 0.3) is 0 Å². The number of hydrogen-bond donors (Lipinski definition) is 2. The number of rotatable bonds is 6. The lowest BCUT2D eigenvalue weighted by molar-refractivity contribution is -0.0567. The van der Waals surface area contributed by atoms with Crippen LogP contribution in [0.2, 0.25) is 0 Å². The van der Waals surface area contributed by atoms with E-state index in [1.54, 1.807) is 13.8 Å². The molecule has 4 rings (SSSR count). The number of amides is 1. The average molecular weight is 452 g/mol. The zero-order valence-corrected chi connectivity index (χ0v) is 18.4. The quantitative estimate of drug-likeness (QED) is 0.557. The van der Waals surface area contributed by atoms with Crippen LogP contribution in [-0.2, 0) is 30.0 Å². The molecule has 0 atom stereocenters. The molecule has 0 spiro atoms. The lowest BCUT2D eigenvalue weighted by Gasteiger charge is -2.32. The molecule has 0 saturated heterocycles. The van der Waals surface area contributed by atoms with E-state index in [2.05, 4.69) is 10.3 Å². The molecule has 0 radical (unpaired) electrons. The summed E-state index contributed by atoms with van der Waals surface area (Å²) in [4.78, 5) is 30.9. The van der Waals surface area contributed by atoms with Gasteiger partial charge in [0.15, 0.2) is 5.69 Å². The number of benzene rings is 2. The van der Waals surface area contributed by atoms with Gasteiger partial charge in [-0.2, -0.15) is 0 Å². The largest absolute Gasteiger partial charge is 0.481 e. The van der Waals surface area contributed by atoms with E-state index in [0.717, 1.165) is 5.56 Å². The first kappa shape index (κ1) is 22.5. The number of ether oxygens (including phenoxy) is 2. The number of halogens is 1. The standard InChI is InChI=1S/C24H25FN4O4/c1-24(2)23-28-19(21(30)27-13-16-8-9-17(25)12-18(16)26)20(22(31)29(23)10-11-33-24)32-14-15-6-4-3-5-7-15/h3-9,12H,10-11,13-14,26H2,1-2H3,(H,27,30). The average Bonchev–Trinajstić information content (AvgIpc) is 2.78. The molecule has 2 aromatic carbocycles. The number of fused-ring (bicyclic) bond motifs is 1. The number of hydrogen-bond acceptors (Lipinski definition) is 6. The number of aromatic nitrogens is 2. The number of nitrogen functional groups attached to an aromatic ring is 1. The van der Waals surface area contributed by atoms with Gasteiger partial charge in [-0.3, -0.25) is 14.2 Å². The molecule has 172 valence electrons. The zero-order valence-electron chi connectivity index (χ0n) is 18.4. The molecule has 1 aliphatic rings. The molecule has 0 aliphatic carbocycles. The lowest BCUT2D eigenvalue weighted by atomic mass is 10.1. The molecular weight excluding hydrogens is 427 g/mol. The Balaban J connectivity index is 1.68. The van der Waals surface area contributed by atoms with Crippen molar-refractivity contribution in [1.82, 2.24) is 14.9 Å². The van der Waals surface area contributed by atoms with E-state index >= 15 is 0 Å². The number of nitrogens with two attached hydrogens (primary N) is 1. The molecule has 1 amide bonds. The van der Waals surface area contributed by atoms with Gasteiger partial charge in [-0.15, -0.1) is 0 Å². The number of nitrogens with one attached hydrogen (secondary N) is 1. The number of anilines is 1. The lowest BCUT2D eigenvalue weighted by Crippen LogP contribution is -2.43. The van der Waals surface area contributed by atoms with Crippen molar-refractivity contribution in [2.45, 2.75) is 39.1 Å². The summed E-state index contributed by atoms with van der Waals surface area (Å²) in [5.74, 6) is -0.864. The van der Waals surface area contributed by atoms with Gasteiger partial charge in [0, 0.05) is 12.2 Å². The smallest absolute Gasteiger partial charge is 0.296 e. The summed E-state index contributed by atoms with van der Waals surface area (Å²) in [5.41, 5.74) is 5.99. The van der Waals surface area contributed by atoms with E-state index in [4.69, 9.17) is 15.2 Å².